The molecule has 0 aromatic rings. The predicted molar refractivity (Wildman–Crippen MR) is 33.2 cm³/mol. The van der Waals surface area contributed by atoms with Crippen LogP contribution in [0.25, 0.3) is 0 Å². The van der Waals surface area contributed by atoms with Crippen molar-refractivity contribution in [3.63, 3.8) is 0 Å². The molecular weight excluding hydrogens is 134 g/mol. The molecule has 4 nitrogen and oxygen atoms in total. The highest BCUT2D eigenvalue weighted by molar-refractivity contribution is 5.60. The van der Waals surface area contributed by atoms with Crippen LogP contribution >= 0.6 is 0 Å². The number of nitriles is 1. The van der Waals surface area contributed by atoms with Crippen molar-refractivity contribution in [1.82, 2.24) is 0 Å². The van der Waals surface area contributed by atoms with Crippen LogP contribution in [-0.2, 0) is 9.47 Å². The zero-order valence-corrected chi connectivity index (χ0v) is 5.96. The van der Waals surface area contributed by atoms with Crippen molar-refractivity contribution in [3.05, 3.63) is 0 Å². The van der Waals surface area contributed by atoms with E-state index in [4.69, 9.17) is 5.26 Å². The van der Waals surface area contributed by atoms with Gasteiger partial charge in [-0.1, -0.05) is 0 Å². The summed E-state index contributed by atoms with van der Waals surface area (Å²) in [6.45, 7) is 3.40. The molecule has 0 rings (SSSR count). The molecule has 0 saturated heterocycles. The van der Waals surface area contributed by atoms with Gasteiger partial charge in [0.1, 0.15) is 6.07 Å². The van der Waals surface area contributed by atoms with Crippen LogP contribution in [-0.4, -0.2) is 18.9 Å². The quantitative estimate of drug-likeness (QED) is 0.542. The summed E-state index contributed by atoms with van der Waals surface area (Å²) in [5, 5.41) is 8.17. The van der Waals surface area contributed by atoms with Gasteiger partial charge in [-0.3, -0.25) is 0 Å². The molecule has 1 atom stereocenters. The van der Waals surface area contributed by atoms with Gasteiger partial charge in [-0.05, 0) is 13.8 Å². The number of rotatable bonds is 2. The maximum atomic E-state index is 10.4. The van der Waals surface area contributed by atoms with Gasteiger partial charge in [0.25, 0.3) is 0 Å². The van der Waals surface area contributed by atoms with Gasteiger partial charge in [0.15, 0.2) is 6.10 Å². The molecule has 1 unspecified atom stereocenters. The second-order valence-electron chi connectivity index (χ2n) is 1.57. The molecule has 0 saturated carbocycles. The summed E-state index contributed by atoms with van der Waals surface area (Å²) < 4.78 is 8.82. The molecule has 0 amide bonds. The molecule has 0 aliphatic heterocycles. The molecule has 0 spiro atoms. The minimum atomic E-state index is -0.795. The average molecular weight is 143 g/mol. The van der Waals surface area contributed by atoms with Crippen LogP contribution < -0.4 is 0 Å². The van der Waals surface area contributed by atoms with E-state index in [-0.39, 0.29) is 6.61 Å². The molecule has 0 aliphatic rings. The molecule has 10 heavy (non-hydrogen) atoms. The molecule has 0 N–H and O–H groups in total. The number of carbonyl (C=O) groups excluding carboxylic acids is 1. The molecule has 0 aliphatic carbocycles. The third kappa shape index (κ3) is 3.72. The lowest BCUT2D eigenvalue weighted by Gasteiger charge is -2.03. The van der Waals surface area contributed by atoms with Crippen LogP contribution in [0.3, 0.4) is 0 Å². The summed E-state index contributed by atoms with van der Waals surface area (Å²) in [7, 11) is 0. The first-order valence-corrected chi connectivity index (χ1v) is 2.93. The van der Waals surface area contributed by atoms with Crippen molar-refractivity contribution in [2.24, 2.45) is 0 Å². The smallest absolute Gasteiger partial charge is 0.435 e. The Bertz CT molecular complexity index is 150. The van der Waals surface area contributed by atoms with Crippen LogP contribution in [0.5, 0.6) is 0 Å². The summed E-state index contributed by atoms with van der Waals surface area (Å²) >= 11 is 0. The molecule has 0 aromatic carbocycles. The highest BCUT2D eigenvalue weighted by atomic mass is 16.7. The third-order valence-corrected chi connectivity index (χ3v) is 0.717. The Hall–Kier alpha value is -1.24. The molecule has 0 fully saturated rings. The van der Waals surface area contributed by atoms with Gasteiger partial charge in [0.05, 0.1) is 6.61 Å². The van der Waals surface area contributed by atoms with Crippen molar-refractivity contribution >= 4 is 6.16 Å². The fraction of sp³-hybridized carbons (Fsp3) is 0.667. The molecule has 56 valence electrons. The van der Waals surface area contributed by atoms with E-state index in [1.165, 1.54) is 6.92 Å². The summed E-state index contributed by atoms with van der Waals surface area (Å²) in [4.78, 5) is 10.4. The maximum Gasteiger partial charge on any atom is 0.509 e. The minimum absolute atomic E-state index is 0.261. The Kier molecular flexibility index (Phi) is 4.05. The SMILES string of the molecule is CCOC(=O)OC(C)C#N. The number of hydrogen-bond donors (Lipinski definition) is 0. The van der Waals surface area contributed by atoms with Crippen molar-refractivity contribution < 1.29 is 14.3 Å². The van der Waals surface area contributed by atoms with E-state index < -0.39 is 12.3 Å². The fourth-order valence-electron chi connectivity index (χ4n) is 0.323. The Balaban J connectivity index is 3.49. The standard InChI is InChI=1S/C6H9NO3/c1-3-9-6(8)10-5(2)4-7/h5H,3H2,1-2H3. The predicted octanol–water partition coefficient (Wildman–Crippen LogP) is 1.07. The van der Waals surface area contributed by atoms with Crippen molar-refractivity contribution in [1.29, 1.82) is 5.26 Å². The van der Waals surface area contributed by atoms with E-state index in [1.54, 1.807) is 13.0 Å². The lowest BCUT2D eigenvalue weighted by molar-refractivity contribution is 0.0472. The largest absolute Gasteiger partial charge is 0.509 e. The van der Waals surface area contributed by atoms with E-state index >= 15 is 0 Å². The molecule has 0 aromatic heterocycles. The van der Waals surface area contributed by atoms with Crippen LogP contribution in [0.2, 0.25) is 0 Å². The fourth-order valence-corrected chi connectivity index (χ4v) is 0.323. The third-order valence-electron chi connectivity index (χ3n) is 0.717. The molecule has 4 heteroatoms. The van der Waals surface area contributed by atoms with E-state index in [1.807, 2.05) is 0 Å². The molecule has 0 radical (unpaired) electrons. The Morgan fingerprint density at radius 3 is 2.80 bits per heavy atom. The summed E-state index contributed by atoms with van der Waals surface area (Å²) in [5.41, 5.74) is 0. The van der Waals surface area contributed by atoms with Crippen LogP contribution in [0.15, 0.2) is 0 Å². The Labute approximate surface area is 59.3 Å². The van der Waals surface area contributed by atoms with Crippen molar-refractivity contribution in [2.75, 3.05) is 6.61 Å². The molecule has 0 heterocycles. The second kappa shape index (κ2) is 4.62. The lowest BCUT2D eigenvalue weighted by atomic mass is 10.5. The van der Waals surface area contributed by atoms with Gasteiger partial charge in [-0.15, -0.1) is 0 Å². The van der Waals surface area contributed by atoms with Gasteiger partial charge >= 0.3 is 6.16 Å². The van der Waals surface area contributed by atoms with Gasteiger partial charge in [0, 0.05) is 0 Å². The second-order valence-corrected chi connectivity index (χ2v) is 1.57. The number of carbonyl (C=O) groups is 1. The van der Waals surface area contributed by atoms with E-state index in [9.17, 15) is 4.79 Å². The first-order chi connectivity index (χ1) is 4.70. The zero-order valence-electron chi connectivity index (χ0n) is 5.96. The van der Waals surface area contributed by atoms with E-state index in [2.05, 4.69) is 9.47 Å². The topological polar surface area (TPSA) is 59.3 Å². The van der Waals surface area contributed by atoms with Crippen LogP contribution in [0, 0.1) is 11.3 Å². The van der Waals surface area contributed by atoms with Crippen molar-refractivity contribution in [2.45, 2.75) is 20.0 Å². The first kappa shape index (κ1) is 8.76. The van der Waals surface area contributed by atoms with Crippen molar-refractivity contribution in [3.8, 4) is 6.07 Å². The normalized spacial score (nSPS) is 11.3. The maximum absolute atomic E-state index is 10.4. The Morgan fingerprint density at radius 2 is 2.40 bits per heavy atom. The summed E-state index contributed by atoms with van der Waals surface area (Å²) in [6, 6.07) is 1.73. The van der Waals surface area contributed by atoms with Gasteiger partial charge in [-0.2, -0.15) is 5.26 Å². The summed E-state index contributed by atoms with van der Waals surface area (Å²) in [5.74, 6) is 0. The zero-order chi connectivity index (χ0) is 7.98. The van der Waals surface area contributed by atoms with Gasteiger partial charge < -0.3 is 9.47 Å². The lowest BCUT2D eigenvalue weighted by Crippen LogP contribution is -2.13. The van der Waals surface area contributed by atoms with Crippen LogP contribution in [0.4, 0.5) is 4.79 Å². The number of ether oxygens (including phenoxy) is 2. The van der Waals surface area contributed by atoms with E-state index in [0.717, 1.165) is 0 Å². The summed E-state index contributed by atoms with van der Waals surface area (Å²) in [6.07, 6.45) is -1.53. The number of nitrogens with zero attached hydrogens (tertiary/aromatic N) is 1. The minimum Gasteiger partial charge on any atom is -0.435 e. The van der Waals surface area contributed by atoms with Gasteiger partial charge in [0.2, 0.25) is 0 Å². The average Bonchev–Trinajstić information content (AvgIpc) is 1.88. The van der Waals surface area contributed by atoms with Crippen LogP contribution in [0.1, 0.15) is 13.8 Å². The molecule has 0 bridgehead atoms. The number of hydrogen-bond acceptors (Lipinski definition) is 4. The highest BCUT2D eigenvalue weighted by Crippen LogP contribution is 1.91. The molecular formula is C6H9NO3. The van der Waals surface area contributed by atoms with Gasteiger partial charge in [-0.25, -0.2) is 4.79 Å². The Morgan fingerprint density at radius 1 is 1.80 bits per heavy atom. The van der Waals surface area contributed by atoms with E-state index in [0.29, 0.717) is 0 Å². The first-order valence-electron chi connectivity index (χ1n) is 2.93. The monoisotopic (exact) mass is 143 g/mol. The highest BCUT2D eigenvalue weighted by Gasteiger charge is 2.06.